The SMILES string of the molecule is C=CC(=O)N1CCC2(CCCCN2Cc2ccccc2)CC1. The van der Waals surface area contributed by atoms with Crippen molar-refractivity contribution < 1.29 is 4.79 Å². The van der Waals surface area contributed by atoms with Crippen LogP contribution in [0.25, 0.3) is 0 Å². The molecule has 0 radical (unpaired) electrons. The molecule has 0 N–H and O–H groups in total. The minimum Gasteiger partial charge on any atom is -0.339 e. The summed E-state index contributed by atoms with van der Waals surface area (Å²) < 4.78 is 0. The minimum absolute atomic E-state index is 0.0836. The molecule has 1 spiro atoms. The number of benzene rings is 1. The molecule has 2 heterocycles. The summed E-state index contributed by atoms with van der Waals surface area (Å²) in [7, 11) is 0. The monoisotopic (exact) mass is 298 g/mol. The normalized spacial score (nSPS) is 21.7. The highest BCUT2D eigenvalue weighted by Gasteiger charge is 2.41. The molecule has 3 nitrogen and oxygen atoms in total. The Hall–Kier alpha value is -1.61. The van der Waals surface area contributed by atoms with Gasteiger partial charge in [0, 0.05) is 25.2 Å². The summed E-state index contributed by atoms with van der Waals surface area (Å²) in [4.78, 5) is 16.4. The second-order valence-electron chi connectivity index (χ2n) is 6.62. The molecule has 0 aliphatic carbocycles. The molecular weight excluding hydrogens is 272 g/mol. The van der Waals surface area contributed by atoms with Crippen LogP contribution >= 0.6 is 0 Å². The third kappa shape index (κ3) is 3.09. The Morgan fingerprint density at radius 1 is 1.09 bits per heavy atom. The maximum atomic E-state index is 11.8. The maximum Gasteiger partial charge on any atom is 0.245 e. The van der Waals surface area contributed by atoms with Crippen LogP contribution in [0.5, 0.6) is 0 Å². The summed E-state index contributed by atoms with van der Waals surface area (Å²) in [6, 6.07) is 10.8. The van der Waals surface area contributed by atoms with E-state index in [1.165, 1.54) is 37.4 Å². The van der Waals surface area contributed by atoms with Crippen LogP contribution in [0.2, 0.25) is 0 Å². The van der Waals surface area contributed by atoms with Crippen LogP contribution in [-0.4, -0.2) is 40.9 Å². The molecule has 0 saturated carbocycles. The van der Waals surface area contributed by atoms with Gasteiger partial charge in [-0.15, -0.1) is 0 Å². The van der Waals surface area contributed by atoms with Gasteiger partial charge in [0.2, 0.25) is 5.91 Å². The van der Waals surface area contributed by atoms with E-state index >= 15 is 0 Å². The number of hydrogen-bond acceptors (Lipinski definition) is 2. The lowest BCUT2D eigenvalue weighted by molar-refractivity contribution is -0.129. The van der Waals surface area contributed by atoms with Gasteiger partial charge in [0.25, 0.3) is 0 Å². The number of carbonyl (C=O) groups is 1. The highest BCUT2D eigenvalue weighted by Crippen LogP contribution is 2.38. The largest absolute Gasteiger partial charge is 0.339 e. The molecule has 2 aliphatic rings. The number of carbonyl (C=O) groups excluding carboxylic acids is 1. The lowest BCUT2D eigenvalue weighted by Gasteiger charge is -2.51. The molecule has 1 amide bonds. The average Bonchev–Trinajstić information content (AvgIpc) is 2.58. The van der Waals surface area contributed by atoms with E-state index in [4.69, 9.17) is 0 Å². The smallest absolute Gasteiger partial charge is 0.245 e. The van der Waals surface area contributed by atoms with Crippen molar-refractivity contribution in [3.63, 3.8) is 0 Å². The van der Waals surface area contributed by atoms with Crippen LogP contribution in [0.3, 0.4) is 0 Å². The second-order valence-corrected chi connectivity index (χ2v) is 6.62. The standard InChI is InChI=1S/C19H26N2O/c1-2-18(22)20-14-11-19(12-15-20)10-6-7-13-21(19)16-17-8-4-3-5-9-17/h2-5,8-9H,1,6-7,10-16H2. The quantitative estimate of drug-likeness (QED) is 0.800. The van der Waals surface area contributed by atoms with Gasteiger partial charge in [-0.25, -0.2) is 0 Å². The van der Waals surface area contributed by atoms with Gasteiger partial charge in [-0.3, -0.25) is 9.69 Å². The third-order valence-corrected chi connectivity index (χ3v) is 5.39. The van der Waals surface area contributed by atoms with E-state index in [2.05, 4.69) is 41.8 Å². The van der Waals surface area contributed by atoms with E-state index in [-0.39, 0.29) is 5.91 Å². The molecule has 0 aromatic heterocycles. The predicted octanol–water partition coefficient (Wildman–Crippen LogP) is 3.22. The zero-order chi connectivity index (χ0) is 15.4. The summed E-state index contributed by atoms with van der Waals surface area (Å²) >= 11 is 0. The molecule has 0 bridgehead atoms. The van der Waals surface area contributed by atoms with Crippen molar-refractivity contribution in [2.24, 2.45) is 0 Å². The fourth-order valence-corrected chi connectivity index (χ4v) is 4.04. The Bertz CT molecular complexity index is 517. The van der Waals surface area contributed by atoms with E-state index in [0.717, 1.165) is 32.5 Å². The number of rotatable bonds is 3. The highest BCUT2D eigenvalue weighted by atomic mass is 16.2. The fraction of sp³-hybridized carbons (Fsp3) is 0.526. The zero-order valence-corrected chi connectivity index (χ0v) is 13.3. The molecule has 2 saturated heterocycles. The average molecular weight is 298 g/mol. The Morgan fingerprint density at radius 3 is 2.50 bits per heavy atom. The first-order valence-corrected chi connectivity index (χ1v) is 8.44. The van der Waals surface area contributed by atoms with Crippen molar-refractivity contribution in [2.45, 2.75) is 44.2 Å². The van der Waals surface area contributed by atoms with E-state index in [9.17, 15) is 4.79 Å². The van der Waals surface area contributed by atoms with Gasteiger partial charge in [-0.2, -0.15) is 0 Å². The first kappa shape index (κ1) is 15.3. The summed E-state index contributed by atoms with van der Waals surface area (Å²) in [5.41, 5.74) is 1.69. The molecule has 0 unspecified atom stereocenters. The van der Waals surface area contributed by atoms with E-state index in [0.29, 0.717) is 5.54 Å². The van der Waals surface area contributed by atoms with Gasteiger partial charge in [0.15, 0.2) is 0 Å². The van der Waals surface area contributed by atoms with Crippen LogP contribution in [0.1, 0.15) is 37.7 Å². The van der Waals surface area contributed by atoms with Gasteiger partial charge >= 0.3 is 0 Å². The third-order valence-electron chi connectivity index (χ3n) is 5.39. The highest BCUT2D eigenvalue weighted by molar-refractivity contribution is 5.87. The van der Waals surface area contributed by atoms with Crippen molar-refractivity contribution in [3.05, 3.63) is 48.6 Å². The molecular formula is C19H26N2O. The Kier molecular flexibility index (Phi) is 4.63. The van der Waals surface area contributed by atoms with Gasteiger partial charge in [-0.05, 0) is 43.9 Å². The zero-order valence-electron chi connectivity index (χ0n) is 13.3. The fourth-order valence-electron chi connectivity index (χ4n) is 4.04. The lowest BCUT2D eigenvalue weighted by atomic mass is 9.78. The van der Waals surface area contributed by atoms with E-state index in [1.54, 1.807) is 0 Å². The van der Waals surface area contributed by atoms with E-state index in [1.807, 2.05) is 4.90 Å². The van der Waals surface area contributed by atoms with Crippen molar-refractivity contribution in [1.82, 2.24) is 9.80 Å². The number of nitrogens with zero attached hydrogens (tertiary/aromatic N) is 2. The maximum absolute atomic E-state index is 11.8. The predicted molar refractivity (Wildman–Crippen MR) is 89.4 cm³/mol. The van der Waals surface area contributed by atoms with Crippen LogP contribution in [0.15, 0.2) is 43.0 Å². The summed E-state index contributed by atoms with van der Waals surface area (Å²) in [6.07, 6.45) is 7.53. The molecule has 3 heteroatoms. The minimum atomic E-state index is 0.0836. The van der Waals surface area contributed by atoms with Crippen molar-refractivity contribution >= 4 is 5.91 Å². The van der Waals surface area contributed by atoms with Gasteiger partial charge < -0.3 is 4.90 Å². The van der Waals surface area contributed by atoms with Crippen LogP contribution < -0.4 is 0 Å². The molecule has 3 rings (SSSR count). The van der Waals surface area contributed by atoms with Crippen LogP contribution in [0, 0.1) is 0 Å². The van der Waals surface area contributed by atoms with Crippen molar-refractivity contribution in [3.8, 4) is 0 Å². The number of amides is 1. The number of hydrogen-bond donors (Lipinski definition) is 0. The van der Waals surface area contributed by atoms with Crippen LogP contribution in [0.4, 0.5) is 0 Å². The summed E-state index contributed by atoms with van der Waals surface area (Å²) in [6.45, 7) is 7.57. The molecule has 22 heavy (non-hydrogen) atoms. The second kappa shape index (κ2) is 6.66. The van der Waals surface area contributed by atoms with Crippen molar-refractivity contribution in [1.29, 1.82) is 0 Å². The first-order valence-electron chi connectivity index (χ1n) is 8.44. The molecule has 118 valence electrons. The first-order chi connectivity index (χ1) is 10.7. The summed E-state index contributed by atoms with van der Waals surface area (Å²) in [5, 5.41) is 0. The van der Waals surface area contributed by atoms with Crippen LogP contribution in [-0.2, 0) is 11.3 Å². The van der Waals surface area contributed by atoms with Crippen molar-refractivity contribution in [2.75, 3.05) is 19.6 Å². The van der Waals surface area contributed by atoms with Gasteiger partial charge in [0.1, 0.15) is 0 Å². The lowest BCUT2D eigenvalue weighted by Crippen LogP contribution is -2.57. The Balaban J connectivity index is 1.70. The molecule has 2 aliphatic heterocycles. The van der Waals surface area contributed by atoms with Gasteiger partial charge in [-0.1, -0.05) is 43.3 Å². The van der Waals surface area contributed by atoms with Gasteiger partial charge in [0.05, 0.1) is 0 Å². The Morgan fingerprint density at radius 2 is 1.82 bits per heavy atom. The molecule has 2 fully saturated rings. The molecule has 1 aromatic rings. The topological polar surface area (TPSA) is 23.6 Å². The number of piperidine rings is 2. The molecule has 1 aromatic carbocycles. The number of likely N-dealkylation sites (tertiary alicyclic amines) is 2. The molecule has 0 atom stereocenters. The Labute approximate surface area is 133 Å². The summed E-state index contributed by atoms with van der Waals surface area (Å²) in [5.74, 6) is 0.0836. The van der Waals surface area contributed by atoms with E-state index < -0.39 is 0 Å².